The standard InChI is InChI=1S/C27H32N2O6/c1-7-14-35-19-9-10-20(17(2)15-19)25(30)23-24(18-8-11-21(33-5)22(16-18)34-6)29(13-12-28(3)4)27(32)26(23)31/h7-11,15-16,24,30H,1,12-14H2,2-6H3/t24-/m1/s1. The molecular formula is C27H32N2O6. The highest BCUT2D eigenvalue weighted by molar-refractivity contribution is 6.46. The van der Waals surface area contributed by atoms with Gasteiger partial charge in [0.25, 0.3) is 11.7 Å². The summed E-state index contributed by atoms with van der Waals surface area (Å²) in [5, 5.41) is 11.4. The third-order valence-electron chi connectivity index (χ3n) is 5.87. The normalized spacial score (nSPS) is 17.1. The van der Waals surface area contributed by atoms with Crippen LogP contribution in [0.1, 0.15) is 22.7 Å². The lowest BCUT2D eigenvalue weighted by atomic mass is 9.93. The van der Waals surface area contributed by atoms with E-state index >= 15 is 0 Å². The predicted octanol–water partition coefficient (Wildman–Crippen LogP) is 3.56. The number of aryl methyl sites for hydroxylation is 1. The van der Waals surface area contributed by atoms with Gasteiger partial charge < -0.3 is 29.1 Å². The van der Waals surface area contributed by atoms with Gasteiger partial charge in [0.2, 0.25) is 0 Å². The first-order chi connectivity index (χ1) is 16.7. The predicted molar refractivity (Wildman–Crippen MR) is 134 cm³/mol. The van der Waals surface area contributed by atoms with E-state index in [1.807, 2.05) is 25.9 Å². The number of hydrogen-bond donors (Lipinski definition) is 1. The van der Waals surface area contributed by atoms with Gasteiger partial charge >= 0.3 is 0 Å². The van der Waals surface area contributed by atoms with Crippen molar-refractivity contribution in [3.63, 3.8) is 0 Å². The molecular weight excluding hydrogens is 448 g/mol. The maximum Gasteiger partial charge on any atom is 0.295 e. The lowest BCUT2D eigenvalue weighted by molar-refractivity contribution is -0.140. The van der Waals surface area contributed by atoms with E-state index in [0.29, 0.717) is 53.6 Å². The van der Waals surface area contributed by atoms with Crippen molar-refractivity contribution >= 4 is 17.4 Å². The molecule has 1 aliphatic heterocycles. The van der Waals surface area contributed by atoms with Crippen molar-refractivity contribution in [1.82, 2.24) is 9.80 Å². The molecule has 8 heteroatoms. The summed E-state index contributed by atoms with van der Waals surface area (Å²) in [6.45, 7) is 6.65. The van der Waals surface area contributed by atoms with Gasteiger partial charge in [-0.25, -0.2) is 0 Å². The zero-order chi connectivity index (χ0) is 25.7. The molecule has 0 aromatic heterocycles. The smallest absolute Gasteiger partial charge is 0.295 e. The Morgan fingerprint density at radius 1 is 1.11 bits per heavy atom. The first kappa shape index (κ1) is 25.8. The van der Waals surface area contributed by atoms with Crippen molar-refractivity contribution in [3.8, 4) is 17.2 Å². The molecule has 0 radical (unpaired) electrons. The number of hydrogen-bond acceptors (Lipinski definition) is 7. The zero-order valence-corrected chi connectivity index (χ0v) is 20.8. The van der Waals surface area contributed by atoms with Crippen LogP contribution in [-0.4, -0.2) is 74.6 Å². The minimum Gasteiger partial charge on any atom is -0.507 e. The number of likely N-dealkylation sites (tertiary alicyclic amines) is 1. The molecule has 1 heterocycles. The molecule has 0 saturated carbocycles. The van der Waals surface area contributed by atoms with Gasteiger partial charge in [-0.3, -0.25) is 9.59 Å². The van der Waals surface area contributed by atoms with Crippen LogP contribution in [0.2, 0.25) is 0 Å². The number of likely N-dealkylation sites (N-methyl/N-ethyl adjacent to an activating group) is 1. The molecule has 0 unspecified atom stereocenters. The maximum absolute atomic E-state index is 13.2. The number of ketones is 1. The summed E-state index contributed by atoms with van der Waals surface area (Å²) in [7, 11) is 6.83. The summed E-state index contributed by atoms with van der Waals surface area (Å²) in [5.74, 6) is -0.0233. The van der Waals surface area contributed by atoms with Crippen LogP contribution < -0.4 is 14.2 Å². The molecule has 1 atom stereocenters. The number of carbonyl (C=O) groups is 2. The highest BCUT2D eigenvalue weighted by atomic mass is 16.5. The van der Waals surface area contributed by atoms with Crippen molar-refractivity contribution in [2.24, 2.45) is 0 Å². The van der Waals surface area contributed by atoms with Crippen LogP contribution >= 0.6 is 0 Å². The number of ether oxygens (including phenoxy) is 3. The SMILES string of the molecule is C=CCOc1ccc(C(O)=C2C(=O)C(=O)N(CCN(C)C)[C@@H]2c2ccc(OC)c(OC)c2)c(C)c1. The summed E-state index contributed by atoms with van der Waals surface area (Å²) in [5.41, 5.74) is 1.82. The topological polar surface area (TPSA) is 88.5 Å². The molecule has 1 aliphatic rings. The zero-order valence-electron chi connectivity index (χ0n) is 20.8. The van der Waals surface area contributed by atoms with Crippen molar-refractivity contribution in [3.05, 3.63) is 71.3 Å². The van der Waals surface area contributed by atoms with E-state index in [0.717, 1.165) is 0 Å². The maximum atomic E-state index is 13.2. The Morgan fingerprint density at radius 2 is 1.83 bits per heavy atom. The molecule has 0 aliphatic carbocycles. The van der Waals surface area contributed by atoms with Gasteiger partial charge in [-0.05, 0) is 62.5 Å². The van der Waals surface area contributed by atoms with E-state index < -0.39 is 17.7 Å². The van der Waals surface area contributed by atoms with Gasteiger partial charge in [-0.2, -0.15) is 0 Å². The number of Topliss-reactive ketones (excluding diaryl/α,β-unsaturated/α-hetero) is 1. The van der Waals surface area contributed by atoms with Crippen LogP contribution in [0.25, 0.3) is 5.76 Å². The summed E-state index contributed by atoms with van der Waals surface area (Å²) < 4.78 is 16.4. The third kappa shape index (κ3) is 5.33. The first-order valence-electron chi connectivity index (χ1n) is 11.2. The number of aliphatic hydroxyl groups excluding tert-OH is 1. The van der Waals surface area contributed by atoms with Crippen LogP contribution in [0, 0.1) is 6.92 Å². The average Bonchev–Trinajstić information content (AvgIpc) is 3.10. The molecule has 186 valence electrons. The Labute approximate surface area is 206 Å². The largest absolute Gasteiger partial charge is 0.507 e. The Balaban J connectivity index is 2.16. The molecule has 2 aromatic carbocycles. The summed E-state index contributed by atoms with van der Waals surface area (Å²) in [6, 6.07) is 9.59. The quantitative estimate of drug-likeness (QED) is 0.241. The number of rotatable bonds is 10. The van der Waals surface area contributed by atoms with Crippen molar-refractivity contribution in [2.45, 2.75) is 13.0 Å². The lowest BCUT2D eigenvalue weighted by Gasteiger charge is -2.27. The van der Waals surface area contributed by atoms with Gasteiger partial charge in [-0.1, -0.05) is 18.7 Å². The fourth-order valence-electron chi connectivity index (χ4n) is 4.08. The molecule has 1 saturated heterocycles. The van der Waals surface area contributed by atoms with Crippen LogP contribution in [0.4, 0.5) is 0 Å². The fraction of sp³-hybridized carbons (Fsp3) is 0.333. The summed E-state index contributed by atoms with van der Waals surface area (Å²) in [6.07, 6.45) is 1.64. The monoisotopic (exact) mass is 480 g/mol. The molecule has 1 fully saturated rings. The minimum atomic E-state index is -0.786. The summed E-state index contributed by atoms with van der Waals surface area (Å²) in [4.78, 5) is 29.8. The van der Waals surface area contributed by atoms with Gasteiger partial charge in [0, 0.05) is 18.7 Å². The molecule has 2 aromatic rings. The van der Waals surface area contributed by atoms with Crippen LogP contribution in [-0.2, 0) is 9.59 Å². The Morgan fingerprint density at radius 3 is 2.43 bits per heavy atom. The van der Waals surface area contributed by atoms with Gasteiger partial charge in [0.1, 0.15) is 18.1 Å². The van der Waals surface area contributed by atoms with Gasteiger partial charge in [-0.15, -0.1) is 0 Å². The Kier molecular flexibility index (Phi) is 8.19. The summed E-state index contributed by atoms with van der Waals surface area (Å²) >= 11 is 0. The van der Waals surface area contributed by atoms with Gasteiger partial charge in [0.05, 0.1) is 25.8 Å². The molecule has 1 amide bonds. The van der Waals surface area contributed by atoms with E-state index in [9.17, 15) is 14.7 Å². The third-order valence-corrected chi connectivity index (χ3v) is 5.87. The lowest BCUT2D eigenvalue weighted by Crippen LogP contribution is -2.35. The molecule has 3 rings (SSSR count). The molecule has 8 nitrogen and oxygen atoms in total. The molecule has 0 bridgehead atoms. The van der Waals surface area contributed by atoms with E-state index in [1.54, 1.807) is 42.5 Å². The second kappa shape index (κ2) is 11.1. The van der Waals surface area contributed by atoms with Crippen molar-refractivity contribution in [2.75, 3.05) is 48.0 Å². The van der Waals surface area contributed by atoms with Crippen molar-refractivity contribution in [1.29, 1.82) is 0 Å². The highest BCUT2D eigenvalue weighted by Crippen LogP contribution is 2.42. The van der Waals surface area contributed by atoms with E-state index in [-0.39, 0.29) is 11.3 Å². The number of amides is 1. The van der Waals surface area contributed by atoms with E-state index in [1.165, 1.54) is 19.1 Å². The average molecular weight is 481 g/mol. The number of benzene rings is 2. The van der Waals surface area contributed by atoms with E-state index in [4.69, 9.17) is 14.2 Å². The number of methoxy groups -OCH3 is 2. The second-order valence-electron chi connectivity index (χ2n) is 8.49. The van der Waals surface area contributed by atoms with Crippen molar-refractivity contribution < 1.29 is 28.9 Å². The first-order valence-corrected chi connectivity index (χ1v) is 11.2. The number of nitrogens with zero attached hydrogens (tertiary/aromatic N) is 2. The van der Waals surface area contributed by atoms with E-state index in [2.05, 4.69) is 6.58 Å². The molecule has 35 heavy (non-hydrogen) atoms. The minimum absolute atomic E-state index is 0.0313. The second-order valence-corrected chi connectivity index (χ2v) is 8.49. The fourth-order valence-corrected chi connectivity index (χ4v) is 4.08. The molecule has 1 N–H and O–H groups in total. The van der Waals surface area contributed by atoms with Crippen LogP contribution in [0.15, 0.2) is 54.6 Å². The molecule has 0 spiro atoms. The number of aliphatic hydroxyl groups is 1. The Hall–Kier alpha value is -3.78. The number of carbonyl (C=O) groups excluding carboxylic acids is 2. The van der Waals surface area contributed by atoms with Crippen LogP contribution in [0.3, 0.4) is 0 Å². The highest BCUT2D eigenvalue weighted by Gasteiger charge is 2.46. The van der Waals surface area contributed by atoms with Crippen LogP contribution in [0.5, 0.6) is 17.2 Å². The Bertz CT molecular complexity index is 1150. The van der Waals surface area contributed by atoms with Gasteiger partial charge in [0.15, 0.2) is 11.5 Å².